The van der Waals surface area contributed by atoms with Crippen molar-refractivity contribution < 1.29 is 14.3 Å². The van der Waals surface area contributed by atoms with Crippen molar-refractivity contribution in [2.75, 3.05) is 12.1 Å². The number of carbonyl (C=O) groups is 1. The Labute approximate surface area is 87.2 Å². The summed E-state index contributed by atoms with van der Waals surface area (Å²) >= 11 is 0. The van der Waals surface area contributed by atoms with Gasteiger partial charge in [0.05, 0.1) is 0 Å². The molecule has 1 N–H and O–H groups in total. The first-order valence-electron chi connectivity index (χ1n) is 5.03. The van der Waals surface area contributed by atoms with E-state index in [4.69, 9.17) is 9.47 Å². The maximum atomic E-state index is 11.5. The third kappa shape index (κ3) is 1.63. The van der Waals surface area contributed by atoms with E-state index in [1.165, 1.54) is 0 Å². The molecular formula is C11H11NO3. The lowest BCUT2D eigenvalue weighted by Crippen LogP contribution is -2.12. The first-order valence-corrected chi connectivity index (χ1v) is 5.03. The van der Waals surface area contributed by atoms with Crippen molar-refractivity contribution in [2.24, 2.45) is 5.92 Å². The van der Waals surface area contributed by atoms with Gasteiger partial charge in [0.1, 0.15) is 0 Å². The Morgan fingerprint density at radius 2 is 2.07 bits per heavy atom. The van der Waals surface area contributed by atoms with Gasteiger partial charge in [0.15, 0.2) is 11.5 Å². The first-order chi connectivity index (χ1) is 7.33. The average molecular weight is 205 g/mol. The zero-order valence-electron chi connectivity index (χ0n) is 8.16. The van der Waals surface area contributed by atoms with Crippen LogP contribution in [0.15, 0.2) is 18.2 Å². The Hall–Kier alpha value is -1.71. The highest BCUT2D eigenvalue weighted by atomic mass is 16.7. The highest BCUT2D eigenvalue weighted by molar-refractivity contribution is 5.94. The van der Waals surface area contributed by atoms with Crippen LogP contribution < -0.4 is 14.8 Å². The van der Waals surface area contributed by atoms with E-state index in [2.05, 4.69) is 5.32 Å². The van der Waals surface area contributed by atoms with E-state index in [1.54, 1.807) is 6.07 Å². The number of amides is 1. The predicted molar refractivity (Wildman–Crippen MR) is 53.9 cm³/mol. The second-order valence-electron chi connectivity index (χ2n) is 3.83. The van der Waals surface area contributed by atoms with Crippen LogP contribution in [-0.4, -0.2) is 12.7 Å². The van der Waals surface area contributed by atoms with Crippen molar-refractivity contribution in [3.63, 3.8) is 0 Å². The van der Waals surface area contributed by atoms with Crippen molar-refractivity contribution in [3.8, 4) is 11.5 Å². The molecule has 0 aromatic heterocycles. The Morgan fingerprint density at radius 3 is 2.87 bits per heavy atom. The molecule has 78 valence electrons. The third-order valence-corrected chi connectivity index (χ3v) is 2.59. The number of ether oxygens (including phenoxy) is 2. The zero-order chi connectivity index (χ0) is 10.3. The molecule has 0 bridgehead atoms. The summed E-state index contributed by atoms with van der Waals surface area (Å²) in [5.74, 6) is 1.76. The molecule has 1 amide bonds. The van der Waals surface area contributed by atoms with Crippen LogP contribution in [0.3, 0.4) is 0 Å². The number of hydrogen-bond acceptors (Lipinski definition) is 3. The van der Waals surface area contributed by atoms with Gasteiger partial charge in [0.25, 0.3) is 0 Å². The van der Waals surface area contributed by atoms with Gasteiger partial charge in [-0.25, -0.2) is 0 Å². The number of rotatable bonds is 2. The number of carbonyl (C=O) groups excluding carboxylic acids is 1. The largest absolute Gasteiger partial charge is 0.454 e. The molecule has 0 saturated heterocycles. The van der Waals surface area contributed by atoms with Gasteiger partial charge in [0.2, 0.25) is 12.7 Å². The molecule has 0 atom stereocenters. The summed E-state index contributed by atoms with van der Waals surface area (Å²) in [4.78, 5) is 11.5. The summed E-state index contributed by atoms with van der Waals surface area (Å²) in [6.45, 7) is 0.259. The van der Waals surface area contributed by atoms with E-state index in [9.17, 15) is 4.79 Å². The molecule has 1 aromatic rings. The molecule has 1 aliphatic heterocycles. The number of fused-ring (bicyclic) bond motifs is 1. The maximum absolute atomic E-state index is 11.5. The lowest BCUT2D eigenvalue weighted by atomic mass is 10.2. The molecular weight excluding hydrogens is 194 g/mol. The van der Waals surface area contributed by atoms with Gasteiger partial charge in [0, 0.05) is 17.7 Å². The second kappa shape index (κ2) is 3.15. The molecule has 0 spiro atoms. The summed E-state index contributed by atoms with van der Waals surface area (Å²) in [7, 11) is 0. The smallest absolute Gasteiger partial charge is 0.231 e. The number of benzene rings is 1. The Kier molecular flexibility index (Phi) is 1.80. The molecule has 4 heteroatoms. The van der Waals surface area contributed by atoms with Crippen LogP contribution in [0.2, 0.25) is 0 Å². The van der Waals surface area contributed by atoms with Crippen molar-refractivity contribution in [3.05, 3.63) is 18.2 Å². The first kappa shape index (κ1) is 8.59. The Bertz CT molecular complexity index is 412. The van der Waals surface area contributed by atoms with Crippen molar-refractivity contribution in [1.29, 1.82) is 0 Å². The molecule has 2 aliphatic rings. The van der Waals surface area contributed by atoms with E-state index in [-0.39, 0.29) is 18.6 Å². The van der Waals surface area contributed by atoms with Gasteiger partial charge < -0.3 is 14.8 Å². The van der Waals surface area contributed by atoms with Crippen molar-refractivity contribution >= 4 is 11.6 Å². The van der Waals surface area contributed by atoms with E-state index in [0.717, 1.165) is 24.3 Å². The molecule has 4 nitrogen and oxygen atoms in total. The standard InChI is InChI=1S/C11H11NO3/c13-11(7-1-2-7)12-8-3-4-9-10(5-8)15-6-14-9/h3-5,7H,1-2,6H2,(H,12,13). The summed E-state index contributed by atoms with van der Waals surface area (Å²) in [6, 6.07) is 5.43. The average Bonchev–Trinajstić information content (AvgIpc) is 2.98. The van der Waals surface area contributed by atoms with Crippen LogP contribution in [0.1, 0.15) is 12.8 Å². The SMILES string of the molecule is O=C(Nc1ccc2c(c1)OCO2)C1CC1. The summed E-state index contributed by atoms with van der Waals surface area (Å²) in [5.41, 5.74) is 0.774. The fraction of sp³-hybridized carbons (Fsp3) is 0.364. The maximum Gasteiger partial charge on any atom is 0.231 e. The van der Waals surface area contributed by atoms with Crippen LogP contribution in [0, 0.1) is 5.92 Å². The highest BCUT2D eigenvalue weighted by Crippen LogP contribution is 2.35. The Morgan fingerprint density at radius 1 is 1.27 bits per heavy atom. The van der Waals surface area contributed by atoms with Crippen LogP contribution in [0.5, 0.6) is 11.5 Å². The molecule has 0 radical (unpaired) electrons. The van der Waals surface area contributed by atoms with Crippen LogP contribution >= 0.6 is 0 Å². The van der Waals surface area contributed by atoms with Crippen LogP contribution in [0.25, 0.3) is 0 Å². The van der Waals surface area contributed by atoms with E-state index < -0.39 is 0 Å². The molecule has 0 unspecified atom stereocenters. The summed E-state index contributed by atoms with van der Waals surface area (Å²) in [5, 5.41) is 2.86. The van der Waals surface area contributed by atoms with Crippen molar-refractivity contribution in [2.45, 2.75) is 12.8 Å². The van der Waals surface area contributed by atoms with Crippen molar-refractivity contribution in [1.82, 2.24) is 0 Å². The quantitative estimate of drug-likeness (QED) is 0.800. The fourth-order valence-corrected chi connectivity index (χ4v) is 1.56. The minimum absolute atomic E-state index is 0.105. The number of nitrogens with one attached hydrogen (secondary N) is 1. The molecule has 15 heavy (non-hydrogen) atoms. The van der Waals surface area contributed by atoms with E-state index in [1.807, 2.05) is 12.1 Å². The minimum Gasteiger partial charge on any atom is -0.454 e. The van der Waals surface area contributed by atoms with Crippen LogP contribution in [-0.2, 0) is 4.79 Å². The highest BCUT2D eigenvalue weighted by Gasteiger charge is 2.29. The third-order valence-electron chi connectivity index (χ3n) is 2.59. The molecule has 1 fully saturated rings. The van der Waals surface area contributed by atoms with E-state index in [0.29, 0.717) is 5.75 Å². The molecule has 1 saturated carbocycles. The second-order valence-corrected chi connectivity index (χ2v) is 3.83. The number of hydrogen-bond donors (Lipinski definition) is 1. The monoisotopic (exact) mass is 205 g/mol. The molecule has 1 aliphatic carbocycles. The zero-order valence-corrected chi connectivity index (χ0v) is 8.16. The van der Waals surface area contributed by atoms with Crippen LogP contribution in [0.4, 0.5) is 5.69 Å². The summed E-state index contributed by atoms with van der Waals surface area (Å²) in [6.07, 6.45) is 2.02. The summed E-state index contributed by atoms with van der Waals surface area (Å²) < 4.78 is 10.4. The van der Waals surface area contributed by atoms with Gasteiger partial charge in [-0.1, -0.05) is 0 Å². The molecule has 1 aromatic carbocycles. The lowest BCUT2D eigenvalue weighted by molar-refractivity contribution is -0.117. The normalized spacial score (nSPS) is 17.6. The molecule has 3 rings (SSSR count). The van der Waals surface area contributed by atoms with Gasteiger partial charge in [-0.05, 0) is 25.0 Å². The fourth-order valence-electron chi connectivity index (χ4n) is 1.56. The topological polar surface area (TPSA) is 47.6 Å². The van der Waals surface area contributed by atoms with Gasteiger partial charge in [-0.2, -0.15) is 0 Å². The van der Waals surface area contributed by atoms with Gasteiger partial charge in [-0.15, -0.1) is 0 Å². The van der Waals surface area contributed by atoms with Gasteiger partial charge in [-0.3, -0.25) is 4.79 Å². The Balaban J connectivity index is 1.77. The number of anilines is 1. The minimum atomic E-state index is 0.105. The lowest BCUT2D eigenvalue weighted by Gasteiger charge is -2.04. The molecule has 1 heterocycles. The predicted octanol–water partition coefficient (Wildman–Crippen LogP) is 1.76. The van der Waals surface area contributed by atoms with E-state index >= 15 is 0 Å². The van der Waals surface area contributed by atoms with Gasteiger partial charge >= 0.3 is 0 Å².